The molecule has 0 bridgehead atoms. The number of hydrogen-bond donors (Lipinski definition) is 0. The van der Waals surface area contributed by atoms with Crippen molar-refractivity contribution in [2.75, 3.05) is 32.7 Å². The third-order valence-electron chi connectivity index (χ3n) is 5.94. The van der Waals surface area contributed by atoms with E-state index in [1.54, 1.807) is 24.3 Å². The molecule has 0 radical (unpaired) electrons. The van der Waals surface area contributed by atoms with E-state index in [9.17, 15) is 17.2 Å². The third kappa shape index (κ3) is 6.39. The van der Waals surface area contributed by atoms with Crippen LogP contribution in [0.5, 0.6) is 0 Å². The molecule has 186 valence electrons. The monoisotopic (exact) mass is 540 g/mol. The maximum atomic E-state index is 14.1. The van der Waals surface area contributed by atoms with E-state index in [0.717, 1.165) is 5.56 Å². The van der Waals surface area contributed by atoms with Gasteiger partial charge in [0.15, 0.2) is 0 Å². The van der Waals surface area contributed by atoms with Gasteiger partial charge in [-0.15, -0.1) is 0 Å². The van der Waals surface area contributed by atoms with Gasteiger partial charge in [-0.2, -0.15) is 4.31 Å². The number of ether oxygens (including phenoxy) is 1. The Morgan fingerprint density at radius 1 is 0.829 bits per heavy atom. The lowest BCUT2D eigenvalue weighted by Gasteiger charge is -2.36. The number of rotatable bonds is 8. The maximum absolute atomic E-state index is 14.1. The van der Waals surface area contributed by atoms with Crippen LogP contribution in [0.3, 0.4) is 0 Å². The van der Waals surface area contributed by atoms with E-state index in [4.69, 9.17) is 27.9 Å². The first-order valence-electron chi connectivity index (χ1n) is 11.0. The highest BCUT2D eigenvalue weighted by Crippen LogP contribution is 2.26. The number of hydrogen-bond acceptors (Lipinski definition) is 4. The number of halogens is 4. The minimum absolute atomic E-state index is 0.134. The van der Waals surface area contributed by atoms with Crippen LogP contribution in [0, 0.1) is 11.6 Å². The highest BCUT2D eigenvalue weighted by molar-refractivity contribution is 7.89. The Morgan fingerprint density at radius 3 is 1.94 bits per heavy atom. The predicted octanol–water partition coefficient (Wildman–Crippen LogP) is 5.54. The van der Waals surface area contributed by atoms with Gasteiger partial charge < -0.3 is 4.74 Å². The largest absolute Gasteiger partial charge is 0.367 e. The van der Waals surface area contributed by atoms with Gasteiger partial charge >= 0.3 is 0 Å². The molecule has 3 aromatic carbocycles. The minimum Gasteiger partial charge on any atom is -0.367 e. The van der Waals surface area contributed by atoms with Crippen molar-refractivity contribution in [2.24, 2.45) is 0 Å². The van der Waals surface area contributed by atoms with Crippen LogP contribution >= 0.6 is 23.2 Å². The van der Waals surface area contributed by atoms with Gasteiger partial charge in [0.05, 0.1) is 17.6 Å². The number of benzene rings is 3. The van der Waals surface area contributed by atoms with Crippen molar-refractivity contribution in [3.05, 3.63) is 99.5 Å². The lowest BCUT2D eigenvalue weighted by Crippen LogP contribution is -2.49. The molecule has 0 aromatic heterocycles. The normalized spacial score (nSPS) is 16.3. The first-order chi connectivity index (χ1) is 16.7. The Hall–Kier alpha value is -2.07. The second-order valence-corrected chi connectivity index (χ2v) is 11.0. The second-order valence-electron chi connectivity index (χ2n) is 8.21. The summed E-state index contributed by atoms with van der Waals surface area (Å²) in [6.07, 6.45) is -0.495. The van der Waals surface area contributed by atoms with Crippen molar-refractivity contribution in [1.82, 2.24) is 9.21 Å². The highest BCUT2D eigenvalue weighted by atomic mass is 35.5. The Balaban J connectivity index is 1.44. The lowest BCUT2D eigenvalue weighted by atomic mass is 10.1. The van der Waals surface area contributed by atoms with E-state index in [2.05, 4.69) is 4.90 Å². The fraction of sp³-hybridized carbons (Fsp3) is 0.280. The van der Waals surface area contributed by atoms with E-state index in [1.807, 2.05) is 12.1 Å². The molecule has 0 amide bonds. The molecular weight excluding hydrogens is 517 g/mol. The van der Waals surface area contributed by atoms with Gasteiger partial charge in [-0.25, -0.2) is 17.2 Å². The van der Waals surface area contributed by atoms with Crippen LogP contribution in [0.4, 0.5) is 8.78 Å². The molecule has 4 rings (SSSR count). The zero-order valence-electron chi connectivity index (χ0n) is 18.7. The van der Waals surface area contributed by atoms with Crippen LogP contribution in [0.2, 0.25) is 10.0 Å². The summed E-state index contributed by atoms with van der Waals surface area (Å²) in [5.41, 5.74) is 0.674. The van der Waals surface area contributed by atoms with Crippen LogP contribution in [-0.4, -0.2) is 50.3 Å². The summed E-state index contributed by atoms with van der Waals surface area (Å²) in [5.74, 6) is -1.33. The molecule has 0 unspecified atom stereocenters. The fourth-order valence-corrected chi connectivity index (χ4v) is 5.60. The number of sulfonamides is 1. The smallest absolute Gasteiger partial charge is 0.243 e. The summed E-state index contributed by atoms with van der Waals surface area (Å²) >= 11 is 11.9. The topological polar surface area (TPSA) is 49.9 Å². The van der Waals surface area contributed by atoms with Crippen LogP contribution < -0.4 is 0 Å². The van der Waals surface area contributed by atoms with Crippen molar-refractivity contribution in [2.45, 2.75) is 17.6 Å². The summed E-state index contributed by atoms with van der Waals surface area (Å²) in [7, 11) is -3.62. The van der Waals surface area contributed by atoms with Crippen molar-refractivity contribution >= 4 is 33.2 Å². The molecule has 3 aromatic rings. The quantitative estimate of drug-likeness (QED) is 0.376. The SMILES string of the molecule is O=S(=O)(c1ccc(Cl)cc1)N1CCN(C[C@@H](OCc2c(F)cccc2F)c2ccc(Cl)cc2)CC1. The van der Waals surface area contributed by atoms with Crippen molar-refractivity contribution < 1.29 is 21.9 Å². The van der Waals surface area contributed by atoms with Crippen LogP contribution in [0.15, 0.2) is 71.6 Å². The van der Waals surface area contributed by atoms with Gasteiger partial charge in [0.2, 0.25) is 10.0 Å². The molecular formula is C25H24Cl2F2N2O3S. The molecule has 35 heavy (non-hydrogen) atoms. The summed E-state index contributed by atoms with van der Waals surface area (Å²) in [6.45, 7) is 1.76. The predicted molar refractivity (Wildman–Crippen MR) is 132 cm³/mol. The molecule has 0 aliphatic carbocycles. The first-order valence-corrected chi connectivity index (χ1v) is 13.2. The van der Waals surface area contributed by atoms with E-state index in [1.165, 1.54) is 34.6 Å². The van der Waals surface area contributed by atoms with Crippen LogP contribution in [-0.2, 0) is 21.4 Å². The molecule has 10 heteroatoms. The van der Waals surface area contributed by atoms with E-state index >= 15 is 0 Å². The maximum Gasteiger partial charge on any atom is 0.243 e. The summed E-state index contributed by atoms with van der Waals surface area (Å²) < 4.78 is 61.6. The Morgan fingerprint density at radius 2 is 1.37 bits per heavy atom. The molecule has 1 saturated heterocycles. The first kappa shape index (κ1) is 26.0. The van der Waals surface area contributed by atoms with Gasteiger partial charge in [0.1, 0.15) is 11.6 Å². The molecule has 1 aliphatic rings. The molecule has 0 spiro atoms. The molecule has 1 aliphatic heterocycles. The molecule has 0 N–H and O–H groups in total. The average molecular weight is 541 g/mol. The number of piperazine rings is 1. The van der Waals surface area contributed by atoms with Gasteiger partial charge in [-0.3, -0.25) is 4.90 Å². The Labute approximate surface area is 213 Å². The zero-order valence-corrected chi connectivity index (χ0v) is 21.0. The van der Waals surface area contributed by atoms with Crippen LogP contribution in [0.1, 0.15) is 17.2 Å². The Bertz CT molecular complexity index is 1230. The van der Waals surface area contributed by atoms with E-state index < -0.39 is 27.8 Å². The van der Waals surface area contributed by atoms with Gasteiger partial charge in [-0.1, -0.05) is 41.4 Å². The number of nitrogens with zero attached hydrogens (tertiary/aromatic N) is 2. The Kier molecular flexibility index (Phi) is 8.42. The zero-order chi connectivity index (χ0) is 25.0. The van der Waals surface area contributed by atoms with Crippen molar-refractivity contribution in [3.63, 3.8) is 0 Å². The van der Waals surface area contributed by atoms with Gasteiger partial charge in [0, 0.05) is 48.3 Å². The van der Waals surface area contributed by atoms with E-state index in [0.29, 0.717) is 42.8 Å². The van der Waals surface area contributed by atoms with Gasteiger partial charge in [-0.05, 0) is 54.1 Å². The summed E-state index contributed by atoms with van der Waals surface area (Å²) in [6, 6.07) is 16.9. The average Bonchev–Trinajstić information content (AvgIpc) is 2.84. The summed E-state index contributed by atoms with van der Waals surface area (Å²) in [5, 5.41) is 1.03. The molecule has 1 atom stereocenters. The van der Waals surface area contributed by atoms with Crippen molar-refractivity contribution in [3.8, 4) is 0 Å². The standard InChI is InChI=1S/C25H24Cl2F2N2O3S/c26-19-6-4-18(5-7-19)25(34-17-22-23(28)2-1-3-24(22)29)16-30-12-14-31(15-13-30)35(32,33)21-10-8-20(27)9-11-21/h1-11,25H,12-17H2/t25-/m1/s1. The fourth-order valence-electron chi connectivity index (χ4n) is 3.93. The lowest BCUT2D eigenvalue weighted by molar-refractivity contribution is 0.00547. The summed E-state index contributed by atoms with van der Waals surface area (Å²) in [4.78, 5) is 2.27. The highest BCUT2D eigenvalue weighted by Gasteiger charge is 2.30. The van der Waals surface area contributed by atoms with Crippen LogP contribution in [0.25, 0.3) is 0 Å². The van der Waals surface area contributed by atoms with Gasteiger partial charge in [0.25, 0.3) is 0 Å². The molecule has 5 nitrogen and oxygen atoms in total. The molecule has 1 heterocycles. The van der Waals surface area contributed by atoms with Crippen molar-refractivity contribution in [1.29, 1.82) is 0 Å². The second kappa shape index (κ2) is 11.3. The molecule has 0 saturated carbocycles. The molecule has 1 fully saturated rings. The van der Waals surface area contributed by atoms with E-state index in [-0.39, 0.29) is 17.1 Å². The third-order valence-corrected chi connectivity index (χ3v) is 8.36. The minimum atomic E-state index is -3.62.